The molecule has 0 bridgehead atoms. The Morgan fingerprint density at radius 1 is 1.16 bits per heavy atom. The fourth-order valence-electron chi connectivity index (χ4n) is 3.68. The van der Waals surface area contributed by atoms with E-state index in [9.17, 15) is 9.59 Å². The summed E-state index contributed by atoms with van der Waals surface area (Å²) in [5.74, 6) is -0.0867. The van der Waals surface area contributed by atoms with Crippen molar-refractivity contribution in [1.29, 1.82) is 0 Å². The predicted molar refractivity (Wildman–Crippen MR) is 99.6 cm³/mol. The van der Waals surface area contributed by atoms with Gasteiger partial charge < -0.3 is 4.90 Å². The number of nitrogens with zero attached hydrogens (tertiary/aromatic N) is 3. The van der Waals surface area contributed by atoms with E-state index in [4.69, 9.17) is 0 Å². The third-order valence-electron chi connectivity index (χ3n) is 5.22. The van der Waals surface area contributed by atoms with Gasteiger partial charge in [0.05, 0.1) is 5.69 Å². The second-order valence-corrected chi connectivity index (χ2v) is 7.15. The van der Waals surface area contributed by atoms with Crippen LogP contribution in [0.25, 0.3) is 0 Å². The van der Waals surface area contributed by atoms with Crippen LogP contribution in [0.4, 0.5) is 5.69 Å². The topological polar surface area (TPSA) is 53.0 Å². The molecule has 1 aromatic carbocycles. The van der Waals surface area contributed by atoms with Crippen molar-refractivity contribution in [2.75, 3.05) is 12.1 Å². The highest BCUT2D eigenvalue weighted by Crippen LogP contribution is 2.24. The molecule has 1 saturated carbocycles. The summed E-state index contributed by atoms with van der Waals surface area (Å²) in [6.07, 6.45) is 7.77. The van der Waals surface area contributed by atoms with Crippen LogP contribution >= 0.6 is 0 Å². The average molecular weight is 341 g/mol. The molecule has 2 amide bonds. The van der Waals surface area contributed by atoms with Gasteiger partial charge in [0.15, 0.2) is 0 Å². The highest BCUT2D eigenvalue weighted by atomic mass is 16.2. The minimum absolute atomic E-state index is 0.0305. The minimum Gasteiger partial charge on any atom is -0.338 e. The van der Waals surface area contributed by atoms with Gasteiger partial charge in [-0.3, -0.25) is 9.59 Å². The molecule has 5 heteroatoms. The molecule has 2 aliphatic rings. The second-order valence-electron chi connectivity index (χ2n) is 7.15. The van der Waals surface area contributed by atoms with E-state index in [0.29, 0.717) is 24.6 Å². The van der Waals surface area contributed by atoms with Gasteiger partial charge in [-0.25, -0.2) is 5.01 Å². The Hall–Kier alpha value is -2.17. The highest BCUT2D eigenvalue weighted by Gasteiger charge is 2.30. The number of rotatable bonds is 3. The van der Waals surface area contributed by atoms with Crippen molar-refractivity contribution >= 4 is 23.2 Å². The normalized spacial score (nSPS) is 19.4. The zero-order valence-electron chi connectivity index (χ0n) is 15.2. The molecule has 5 nitrogen and oxygen atoms in total. The number of benzene rings is 1. The third-order valence-corrected chi connectivity index (χ3v) is 5.22. The Labute approximate surface area is 149 Å². The van der Waals surface area contributed by atoms with E-state index in [1.165, 1.54) is 30.7 Å². The molecule has 3 rings (SSSR count). The molecular formula is C20H27N3O2. The summed E-state index contributed by atoms with van der Waals surface area (Å²) >= 11 is 0. The van der Waals surface area contributed by atoms with Crippen LogP contribution in [0, 0.1) is 6.92 Å². The van der Waals surface area contributed by atoms with Gasteiger partial charge in [-0.05, 0) is 37.5 Å². The second kappa shape index (κ2) is 7.81. The number of hydrogen-bond donors (Lipinski definition) is 0. The number of hydrogen-bond acceptors (Lipinski definition) is 3. The molecule has 0 unspecified atom stereocenters. The summed E-state index contributed by atoms with van der Waals surface area (Å²) in [6, 6.07) is 7.96. The van der Waals surface area contributed by atoms with Crippen LogP contribution in [0.3, 0.4) is 0 Å². The molecule has 0 atom stereocenters. The first-order valence-corrected chi connectivity index (χ1v) is 9.30. The summed E-state index contributed by atoms with van der Waals surface area (Å²) < 4.78 is 0. The number of aryl methyl sites for hydroxylation is 1. The Kier molecular flexibility index (Phi) is 5.51. The molecule has 1 aromatic rings. The van der Waals surface area contributed by atoms with Crippen molar-refractivity contribution in [3.05, 3.63) is 29.8 Å². The fourth-order valence-corrected chi connectivity index (χ4v) is 3.68. The smallest absolute Gasteiger partial charge is 0.270 e. The van der Waals surface area contributed by atoms with Gasteiger partial charge in [-0.1, -0.05) is 37.8 Å². The molecule has 0 aromatic heterocycles. The van der Waals surface area contributed by atoms with Crippen LogP contribution in [0.2, 0.25) is 0 Å². The van der Waals surface area contributed by atoms with Crippen LogP contribution in [-0.2, 0) is 9.59 Å². The molecule has 1 aliphatic heterocycles. The van der Waals surface area contributed by atoms with Crippen LogP contribution in [0.1, 0.15) is 56.9 Å². The standard InChI is InChI=1S/C20H27N3O2/c1-15-8-7-11-17(14-15)23-19(24)13-12-18(21-23)20(25)22(2)16-9-5-3-4-6-10-16/h7-8,11,14,16H,3-6,9-10,12-13H2,1-2H3. The Morgan fingerprint density at radius 2 is 1.88 bits per heavy atom. The average Bonchev–Trinajstić information content (AvgIpc) is 2.90. The summed E-state index contributed by atoms with van der Waals surface area (Å²) in [5.41, 5.74) is 2.29. The highest BCUT2D eigenvalue weighted by molar-refractivity contribution is 6.40. The summed E-state index contributed by atoms with van der Waals surface area (Å²) in [5, 5.41) is 5.82. The van der Waals surface area contributed by atoms with Gasteiger partial charge in [0.2, 0.25) is 5.91 Å². The van der Waals surface area contributed by atoms with Crippen LogP contribution in [0.15, 0.2) is 29.4 Å². The third kappa shape index (κ3) is 4.09. The van der Waals surface area contributed by atoms with Gasteiger partial charge in [0.1, 0.15) is 5.71 Å². The molecule has 1 aliphatic carbocycles. The Balaban J connectivity index is 1.79. The first-order chi connectivity index (χ1) is 12.1. The molecular weight excluding hydrogens is 314 g/mol. The number of amides is 2. The van der Waals surface area contributed by atoms with E-state index < -0.39 is 0 Å². The van der Waals surface area contributed by atoms with Gasteiger partial charge in [-0.2, -0.15) is 5.10 Å². The quantitative estimate of drug-likeness (QED) is 0.788. The van der Waals surface area contributed by atoms with E-state index in [2.05, 4.69) is 5.10 Å². The molecule has 134 valence electrons. The first-order valence-electron chi connectivity index (χ1n) is 9.30. The monoisotopic (exact) mass is 341 g/mol. The van der Waals surface area contributed by atoms with Crippen molar-refractivity contribution in [2.45, 2.75) is 64.3 Å². The zero-order chi connectivity index (χ0) is 17.8. The number of anilines is 1. The van der Waals surface area contributed by atoms with E-state index in [1.54, 1.807) is 0 Å². The van der Waals surface area contributed by atoms with Crippen LogP contribution in [0.5, 0.6) is 0 Å². The lowest BCUT2D eigenvalue weighted by molar-refractivity contribution is -0.125. The fraction of sp³-hybridized carbons (Fsp3) is 0.550. The van der Waals surface area contributed by atoms with Crippen LogP contribution < -0.4 is 5.01 Å². The SMILES string of the molecule is Cc1cccc(N2N=C(C(=O)N(C)C3CCCCCC3)CCC2=O)c1. The van der Waals surface area contributed by atoms with Crippen LogP contribution in [-0.4, -0.2) is 35.5 Å². The molecule has 1 fully saturated rings. The maximum atomic E-state index is 12.9. The summed E-state index contributed by atoms with van der Waals surface area (Å²) in [4.78, 5) is 27.1. The van der Waals surface area contributed by atoms with Gasteiger partial charge in [0.25, 0.3) is 5.91 Å². The summed E-state index contributed by atoms with van der Waals surface area (Å²) in [6.45, 7) is 1.98. The number of carbonyl (C=O) groups excluding carboxylic acids is 2. The molecule has 0 spiro atoms. The lowest BCUT2D eigenvalue weighted by atomic mass is 10.1. The zero-order valence-corrected chi connectivity index (χ0v) is 15.2. The predicted octanol–water partition coefficient (Wildman–Crippen LogP) is 3.66. The molecule has 0 radical (unpaired) electrons. The van der Waals surface area contributed by atoms with Crippen molar-refractivity contribution in [3.63, 3.8) is 0 Å². The van der Waals surface area contributed by atoms with Crippen molar-refractivity contribution in [1.82, 2.24) is 4.90 Å². The first kappa shape index (κ1) is 17.6. The van der Waals surface area contributed by atoms with E-state index >= 15 is 0 Å². The van der Waals surface area contributed by atoms with Gasteiger partial charge in [0, 0.05) is 25.9 Å². The Morgan fingerprint density at radius 3 is 2.56 bits per heavy atom. The maximum Gasteiger partial charge on any atom is 0.270 e. The molecule has 0 saturated heterocycles. The van der Waals surface area contributed by atoms with Crippen molar-refractivity contribution in [3.8, 4) is 0 Å². The Bertz CT molecular complexity index is 675. The maximum absolute atomic E-state index is 12.9. The minimum atomic E-state index is -0.0562. The number of carbonyl (C=O) groups is 2. The van der Waals surface area contributed by atoms with Crippen molar-refractivity contribution < 1.29 is 9.59 Å². The van der Waals surface area contributed by atoms with E-state index in [1.807, 2.05) is 43.1 Å². The van der Waals surface area contributed by atoms with Crippen molar-refractivity contribution in [2.24, 2.45) is 5.10 Å². The van der Waals surface area contributed by atoms with Gasteiger partial charge >= 0.3 is 0 Å². The largest absolute Gasteiger partial charge is 0.338 e. The van der Waals surface area contributed by atoms with E-state index in [0.717, 1.165) is 24.1 Å². The van der Waals surface area contributed by atoms with Gasteiger partial charge in [-0.15, -0.1) is 0 Å². The summed E-state index contributed by atoms with van der Waals surface area (Å²) in [7, 11) is 1.88. The number of hydrazone groups is 1. The molecule has 1 heterocycles. The van der Waals surface area contributed by atoms with E-state index in [-0.39, 0.29) is 11.8 Å². The lowest BCUT2D eigenvalue weighted by Crippen LogP contribution is -2.44. The molecule has 0 N–H and O–H groups in total. The molecule has 25 heavy (non-hydrogen) atoms. The lowest BCUT2D eigenvalue weighted by Gasteiger charge is -2.30.